The number of hydrogen-bond donors (Lipinski definition) is 2. The zero-order chi connectivity index (χ0) is 23.1. The van der Waals surface area contributed by atoms with Crippen LogP contribution in [-0.4, -0.2) is 58.9 Å². The van der Waals surface area contributed by atoms with E-state index < -0.39 is 39.3 Å². The molecule has 2 rings (SSSR count). The van der Waals surface area contributed by atoms with E-state index in [1.54, 1.807) is 5.32 Å². The summed E-state index contributed by atoms with van der Waals surface area (Å²) in [6.45, 7) is 0.418. The number of ether oxygens (including phenoxy) is 1. The molecule has 0 aromatic rings. The van der Waals surface area contributed by atoms with Crippen LogP contribution in [0.1, 0.15) is 64.2 Å². The molecule has 0 bridgehead atoms. The molecule has 2 heterocycles. The molecule has 1 unspecified atom stereocenters. The zero-order valence-corrected chi connectivity index (χ0v) is 17.8. The first-order valence-corrected chi connectivity index (χ1v) is 11.6. The minimum Gasteiger partial charge on any atom is -0.429 e. The van der Waals surface area contributed by atoms with Crippen LogP contribution >= 0.6 is 0 Å². The summed E-state index contributed by atoms with van der Waals surface area (Å²) < 4.78 is 37.0. The molecule has 0 aliphatic carbocycles. The second-order valence-corrected chi connectivity index (χ2v) is 9.11. The van der Waals surface area contributed by atoms with Crippen LogP contribution in [0.2, 0.25) is 0 Å². The van der Waals surface area contributed by atoms with Crippen molar-refractivity contribution in [1.82, 2.24) is 10.2 Å². The third-order valence-corrected chi connectivity index (χ3v) is 6.35. The normalized spacial score (nSPS) is 21.1. The van der Waals surface area contributed by atoms with Gasteiger partial charge in [-0.15, -0.1) is 0 Å². The number of amides is 4. The van der Waals surface area contributed by atoms with Gasteiger partial charge in [-0.25, -0.2) is 0 Å². The highest BCUT2D eigenvalue weighted by atomic mass is 32.2. The van der Waals surface area contributed by atoms with Crippen molar-refractivity contribution >= 4 is 39.7 Å². The lowest BCUT2D eigenvalue weighted by atomic mass is 10.1. The Bertz CT molecular complexity index is 863. The summed E-state index contributed by atoms with van der Waals surface area (Å²) in [6, 6.07) is 0. The van der Waals surface area contributed by atoms with E-state index in [4.69, 9.17) is 4.74 Å². The van der Waals surface area contributed by atoms with E-state index in [0.29, 0.717) is 19.4 Å². The van der Waals surface area contributed by atoms with Gasteiger partial charge in [-0.3, -0.25) is 38.7 Å². The first-order valence-electron chi connectivity index (χ1n) is 10.1. The van der Waals surface area contributed by atoms with Crippen LogP contribution in [0.5, 0.6) is 0 Å². The summed E-state index contributed by atoms with van der Waals surface area (Å²) in [4.78, 5) is 56.1. The molecule has 0 radical (unpaired) electrons. The van der Waals surface area contributed by atoms with Crippen LogP contribution in [0.15, 0.2) is 12.2 Å². The topological polar surface area (TPSA) is 164 Å². The van der Waals surface area contributed by atoms with Gasteiger partial charge in [0.15, 0.2) is 0 Å². The van der Waals surface area contributed by atoms with Gasteiger partial charge in [-0.1, -0.05) is 38.5 Å². The van der Waals surface area contributed by atoms with Crippen molar-refractivity contribution in [2.24, 2.45) is 0 Å². The van der Waals surface area contributed by atoms with E-state index in [0.717, 1.165) is 38.5 Å². The maximum absolute atomic E-state index is 11.9. The SMILES string of the molecule is O=C1CC(OC(=O)CCCCCCCCCCN2C(=O)C=CC2=O)(S(=O)(=O)O)C(=O)N1. The highest BCUT2D eigenvalue weighted by Gasteiger charge is 2.60. The second-order valence-electron chi connectivity index (χ2n) is 7.50. The Labute approximate surface area is 179 Å². The van der Waals surface area contributed by atoms with Gasteiger partial charge in [0.2, 0.25) is 5.91 Å². The van der Waals surface area contributed by atoms with Crippen molar-refractivity contribution in [3.05, 3.63) is 12.2 Å². The van der Waals surface area contributed by atoms with Crippen molar-refractivity contribution in [3.8, 4) is 0 Å². The Balaban J connectivity index is 1.55. The molecule has 11 nitrogen and oxygen atoms in total. The molecule has 1 atom stereocenters. The Hall–Kier alpha value is -2.60. The van der Waals surface area contributed by atoms with Crippen LogP contribution in [-0.2, 0) is 38.8 Å². The molecule has 0 aromatic heterocycles. The molecule has 1 saturated heterocycles. The van der Waals surface area contributed by atoms with Gasteiger partial charge in [-0.2, -0.15) is 8.42 Å². The summed E-state index contributed by atoms with van der Waals surface area (Å²) >= 11 is 0. The smallest absolute Gasteiger partial charge is 0.322 e. The predicted octanol–water partition coefficient (Wildman–Crippen LogP) is 0.596. The molecule has 2 aliphatic rings. The molecule has 0 aromatic carbocycles. The number of hydrogen-bond acceptors (Lipinski definition) is 8. The summed E-state index contributed by atoms with van der Waals surface area (Å²) in [7, 11) is -5.12. The molecule has 0 spiro atoms. The Morgan fingerprint density at radius 3 is 1.97 bits per heavy atom. The number of rotatable bonds is 13. The Morgan fingerprint density at radius 2 is 1.48 bits per heavy atom. The van der Waals surface area contributed by atoms with Gasteiger partial charge in [0.05, 0.1) is 6.42 Å². The quantitative estimate of drug-likeness (QED) is 0.174. The van der Waals surface area contributed by atoms with Crippen LogP contribution in [0.25, 0.3) is 0 Å². The zero-order valence-electron chi connectivity index (χ0n) is 17.0. The highest BCUT2D eigenvalue weighted by molar-refractivity contribution is 7.88. The first kappa shape index (κ1) is 24.7. The number of carbonyl (C=O) groups excluding carboxylic acids is 5. The molecular formula is C19H26N2O9S. The third kappa shape index (κ3) is 6.44. The van der Waals surface area contributed by atoms with Crippen molar-refractivity contribution in [2.75, 3.05) is 6.54 Å². The molecular weight excluding hydrogens is 432 g/mol. The number of imide groups is 2. The lowest BCUT2D eigenvalue weighted by Crippen LogP contribution is -2.49. The summed E-state index contributed by atoms with van der Waals surface area (Å²) in [5.41, 5.74) is 0. The molecule has 4 amide bonds. The lowest BCUT2D eigenvalue weighted by Gasteiger charge is -2.21. The molecule has 0 saturated carbocycles. The van der Waals surface area contributed by atoms with E-state index in [1.807, 2.05) is 0 Å². The standard InChI is InChI=1S/C19H26N2O9S/c22-14-13-19(18(26)20-14,31(27,28)29)30-17(25)9-7-5-3-1-2-4-6-8-12-21-15(23)10-11-16(21)24/h10-11H,1-9,12-13H2,(H,20,22,26)(H,27,28,29). The van der Waals surface area contributed by atoms with Crippen LogP contribution in [0.3, 0.4) is 0 Å². The number of carbonyl (C=O) groups is 5. The summed E-state index contributed by atoms with van der Waals surface area (Å²) in [6.07, 6.45) is 7.81. The molecule has 172 valence electrons. The fourth-order valence-electron chi connectivity index (χ4n) is 3.39. The molecule has 1 fully saturated rings. The fourth-order valence-corrected chi connectivity index (χ4v) is 4.18. The number of nitrogens with zero attached hydrogens (tertiary/aromatic N) is 1. The highest BCUT2D eigenvalue weighted by Crippen LogP contribution is 2.28. The fraction of sp³-hybridized carbons (Fsp3) is 0.632. The average Bonchev–Trinajstić information content (AvgIpc) is 3.15. The van der Waals surface area contributed by atoms with Crippen LogP contribution < -0.4 is 5.32 Å². The minimum absolute atomic E-state index is 0.148. The van der Waals surface area contributed by atoms with Crippen molar-refractivity contribution < 1.29 is 41.7 Å². The van der Waals surface area contributed by atoms with Crippen LogP contribution in [0, 0.1) is 0 Å². The molecule has 31 heavy (non-hydrogen) atoms. The molecule has 2 N–H and O–H groups in total. The largest absolute Gasteiger partial charge is 0.429 e. The van der Waals surface area contributed by atoms with Gasteiger partial charge >= 0.3 is 21.0 Å². The Morgan fingerprint density at radius 1 is 0.968 bits per heavy atom. The maximum Gasteiger partial charge on any atom is 0.322 e. The van der Waals surface area contributed by atoms with E-state index in [2.05, 4.69) is 0 Å². The number of esters is 1. The van der Waals surface area contributed by atoms with Gasteiger partial charge in [0, 0.05) is 25.1 Å². The molecule has 2 aliphatic heterocycles. The number of nitrogens with one attached hydrogen (secondary N) is 1. The van der Waals surface area contributed by atoms with E-state index in [1.165, 1.54) is 17.1 Å². The van der Waals surface area contributed by atoms with Gasteiger partial charge < -0.3 is 4.74 Å². The van der Waals surface area contributed by atoms with Gasteiger partial charge in [0.1, 0.15) is 0 Å². The number of unbranched alkanes of at least 4 members (excludes halogenated alkanes) is 7. The summed E-state index contributed by atoms with van der Waals surface area (Å²) in [5.74, 6) is -3.85. The maximum atomic E-state index is 11.9. The summed E-state index contributed by atoms with van der Waals surface area (Å²) in [5, 5.41) is 1.71. The van der Waals surface area contributed by atoms with Crippen molar-refractivity contribution in [2.45, 2.75) is 69.1 Å². The minimum atomic E-state index is -5.12. The third-order valence-electron chi connectivity index (χ3n) is 5.10. The van der Waals surface area contributed by atoms with E-state index >= 15 is 0 Å². The second kappa shape index (κ2) is 10.6. The van der Waals surface area contributed by atoms with Crippen molar-refractivity contribution in [1.29, 1.82) is 0 Å². The van der Waals surface area contributed by atoms with E-state index in [-0.39, 0.29) is 18.2 Å². The van der Waals surface area contributed by atoms with Gasteiger partial charge in [-0.05, 0) is 12.8 Å². The predicted molar refractivity (Wildman–Crippen MR) is 106 cm³/mol. The van der Waals surface area contributed by atoms with Crippen molar-refractivity contribution in [3.63, 3.8) is 0 Å². The first-order chi connectivity index (χ1) is 14.6. The Kier molecular flexibility index (Phi) is 8.45. The average molecular weight is 458 g/mol. The van der Waals surface area contributed by atoms with E-state index in [9.17, 15) is 36.9 Å². The van der Waals surface area contributed by atoms with Crippen LogP contribution in [0.4, 0.5) is 0 Å². The monoisotopic (exact) mass is 458 g/mol. The van der Waals surface area contributed by atoms with Gasteiger partial charge in [0.25, 0.3) is 17.7 Å². The lowest BCUT2D eigenvalue weighted by molar-refractivity contribution is -0.158. The molecule has 12 heteroatoms.